The summed E-state index contributed by atoms with van der Waals surface area (Å²) in [5, 5.41) is 13.2. The summed E-state index contributed by atoms with van der Waals surface area (Å²) in [7, 11) is 0. The van der Waals surface area contributed by atoms with Gasteiger partial charge in [-0.3, -0.25) is 0 Å². The number of nitrogens with one attached hydrogen (secondary N) is 1. The lowest BCUT2D eigenvalue weighted by Crippen LogP contribution is -2.32. The Morgan fingerprint density at radius 2 is 2.20 bits per heavy atom. The van der Waals surface area contributed by atoms with Crippen molar-refractivity contribution in [3.63, 3.8) is 0 Å². The Morgan fingerprint density at radius 1 is 1.53 bits per heavy atom. The van der Waals surface area contributed by atoms with Gasteiger partial charge >= 0.3 is 0 Å². The van der Waals surface area contributed by atoms with E-state index < -0.39 is 11.9 Å². The van der Waals surface area contributed by atoms with Gasteiger partial charge in [-0.15, -0.1) is 0 Å². The molecule has 84 valence electrons. The van der Waals surface area contributed by atoms with Gasteiger partial charge in [-0.25, -0.2) is 4.39 Å². The molecule has 1 aromatic rings. The van der Waals surface area contributed by atoms with Crippen LogP contribution in [0.1, 0.15) is 25.5 Å². The number of rotatable bonds is 4. The van der Waals surface area contributed by atoms with Crippen LogP contribution in [-0.2, 0) is 0 Å². The highest BCUT2D eigenvalue weighted by molar-refractivity contribution is 6.30. The Labute approximate surface area is 94.1 Å². The molecule has 0 aliphatic heterocycles. The number of benzene rings is 1. The summed E-state index contributed by atoms with van der Waals surface area (Å²) >= 11 is 5.63. The van der Waals surface area contributed by atoms with Gasteiger partial charge in [-0.1, -0.05) is 24.6 Å². The lowest BCUT2D eigenvalue weighted by molar-refractivity contribution is 0.133. The van der Waals surface area contributed by atoms with Crippen molar-refractivity contribution < 1.29 is 9.50 Å². The standard InChI is InChI=1S/C11H15ClFNO/c1-3-14-7(2)11(15)9-5-4-8(12)6-10(9)13/h4-7,11,14-15H,3H2,1-2H3. The Balaban J connectivity index is 2.86. The van der Waals surface area contributed by atoms with E-state index in [9.17, 15) is 9.50 Å². The molecule has 15 heavy (non-hydrogen) atoms. The van der Waals surface area contributed by atoms with Crippen molar-refractivity contribution in [3.05, 3.63) is 34.6 Å². The molecule has 2 N–H and O–H groups in total. The molecule has 0 aliphatic carbocycles. The van der Waals surface area contributed by atoms with Crippen LogP contribution < -0.4 is 5.32 Å². The van der Waals surface area contributed by atoms with Crippen LogP contribution in [0.4, 0.5) is 4.39 Å². The molecule has 0 bridgehead atoms. The first-order chi connectivity index (χ1) is 7.06. The lowest BCUT2D eigenvalue weighted by Gasteiger charge is -2.20. The van der Waals surface area contributed by atoms with E-state index in [0.29, 0.717) is 5.02 Å². The van der Waals surface area contributed by atoms with Gasteiger partial charge in [-0.05, 0) is 25.6 Å². The van der Waals surface area contributed by atoms with Gasteiger partial charge in [0.25, 0.3) is 0 Å². The average Bonchev–Trinajstić information content (AvgIpc) is 2.17. The Hall–Kier alpha value is -0.640. The van der Waals surface area contributed by atoms with Crippen LogP contribution >= 0.6 is 11.6 Å². The van der Waals surface area contributed by atoms with Gasteiger partial charge in [0.1, 0.15) is 5.82 Å². The van der Waals surface area contributed by atoms with E-state index in [2.05, 4.69) is 5.32 Å². The van der Waals surface area contributed by atoms with Gasteiger partial charge in [-0.2, -0.15) is 0 Å². The van der Waals surface area contributed by atoms with Gasteiger partial charge in [0.2, 0.25) is 0 Å². The maximum Gasteiger partial charge on any atom is 0.130 e. The second-order valence-corrected chi connectivity index (χ2v) is 3.89. The molecule has 2 atom stereocenters. The minimum atomic E-state index is -0.859. The van der Waals surface area contributed by atoms with Crippen molar-refractivity contribution in [2.45, 2.75) is 26.0 Å². The summed E-state index contributed by atoms with van der Waals surface area (Å²) in [5.41, 5.74) is 0.271. The summed E-state index contributed by atoms with van der Waals surface area (Å²) in [6, 6.07) is 4.10. The zero-order chi connectivity index (χ0) is 11.4. The summed E-state index contributed by atoms with van der Waals surface area (Å²) in [6.45, 7) is 4.47. The summed E-state index contributed by atoms with van der Waals surface area (Å²) < 4.78 is 13.4. The SMILES string of the molecule is CCNC(C)C(O)c1ccc(Cl)cc1F. The zero-order valence-electron chi connectivity index (χ0n) is 8.80. The molecule has 0 amide bonds. The molecule has 1 rings (SSSR count). The maximum absolute atomic E-state index is 13.4. The Kier molecular flexibility index (Phi) is 4.51. The molecule has 0 saturated heterocycles. The molecule has 0 radical (unpaired) electrons. The van der Waals surface area contributed by atoms with E-state index in [0.717, 1.165) is 6.54 Å². The first kappa shape index (κ1) is 12.4. The van der Waals surface area contributed by atoms with E-state index in [-0.39, 0.29) is 11.6 Å². The molecule has 2 unspecified atom stereocenters. The molecule has 0 aromatic heterocycles. The van der Waals surface area contributed by atoms with Crippen molar-refractivity contribution in [1.82, 2.24) is 5.32 Å². The fraction of sp³-hybridized carbons (Fsp3) is 0.455. The zero-order valence-corrected chi connectivity index (χ0v) is 9.55. The summed E-state index contributed by atoms with van der Waals surface area (Å²) in [5.74, 6) is -0.472. The molecular formula is C11H15ClFNO. The predicted molar refractivity (Wildman–Crippen MR) is 59.5 cm³/mol. The van der Waals surface area contributed by atoms with Crippen LogP contribution in [0, 0.1) is 5.82 Å². The number of aliphatic hydroxyl groups excluding tert-OH is 1. The van der Waals surface area contributed by atoms with Crippen molar-refractivity contribution in [3.8, 4) is 0 Å². The number of aliphatic hydroxyl groups is 1. The third-order valence-corrected chi connectivity index (χ3v) is 2.52. The van der Waals surface area contributed by atoms with Crippen LogP contribution in [0.15, 0.2) is 18.2 Å². The van der Waals surface area contributed by atoms with Crippen LogP contribution in [0.2, 0.25) is 5.02 Å². The summed E-state index contributed by atoms with van der Waals surface area (Å²) in [6.07, 6.45) is -0.859. The molecule has 2 nitrogen and oxygen atoms in total. The minimum absolute atomic E-state index is 0.189. The molecule has 1 aromatic carbocycles. The minimum Gasteiger partial charge on any atom is -0.387 e. The monoisotopic (exact) mass is 231 g/mol. The number of hydrogen-bond donors (Lipinski definition) is 2. The van der Waals surface area contributed by atoms with Crippen LogP contribution in [0.3, 0.4) is 0 Å². The Morgan fingerprint density at radius 3 is 2.73 bits per heavy atom. The highest BCUT2D eigenvalue weighted by Crippen LogP contribution is 2.22. The van der Waals surface area contributed by atoms with Gasteiger partial charge < -0.3 is 10.4 Å². The van der Waals surface area contributed by atoms with E-state index in [4.69, 9.17) is 11.6 Å². The van der Waals surface area contributed by atoms with Gasteiger partial charge in [0.15, 0.2) is 0 Å². The third-order valence-electron chi connectivity index (χ3n) is 2.28. The number of halogens is 2. The second kappa shape index (κ2) is 5.45. The third kappa shape index (κ3) is 3.16. The van der Waals surface area contributed by atoms with Gasteiger partial charge in [0.05, 0.1) is 6.10 Å². The van der Waals surface area contributed by atoms with Crippen molar-refractivity contribution in [2.24, 2.45) is 0 Å². The largest absolute Gasteiger partial charge is 0.387 e. The van der Waals surface area contributed by atoms with E-state index in [1.165, 1.54) is 12.1 Å². The Bertz CT molecular complexity index is 332. The molecule has 0 fully saturated rings. The maximum atomic E-state index is 13.4. The molecular weight excluding hydrogens is 217 g/mol. The normalized spacial score (nSPS) is 15.0. The molecule has 0 spiro atoms. The van der Waals surface area contributed by atoms with Crippen LogP contribution in [-0.4, -0.2) is 17.7 Å². The molecule has 4 heteroatoms. The topological polar surface area (TPSA) is 32.3 Å². The highest BCUT2D eigenvalue weighted by Gasteiger charge is 2.18. The molecule has 0 saturated carbocycles. The van der Waals surface area contributed by atoms with E-state index in [1.807, 2.05) is 13.8 Å². The smallest absolute Gasteiger partial charge is 0.130 e. The average molecular weight is 232 g/mol. The van der Waals surface area contributed by atoms with Crippen molar-refractivity contribution in [2.75, 3.05) is 6.54 Å². The van der Waals surface area contributed by atoms with Crippen LogP contribution in [0.5, 0.6) is 0 Å². The van der Waals surface area contributed by atoms with Crippen LogP contribution in [0.25, 0.3) is 0 Å². The van der Waals surface area contributed by atoms with E-state index >= 15 is 0 Å². The quantitative estimate of drug-likeness (QED) is 0.835. The van der Waals surface area contributed by atoms with Gasteiger partial charge in [0, 0.05) is 16.6 Å². The fourth-order valence-corrected chi connectivity index (χ4v) is 1.60. The molecule has 0 aliphatic rings. The second-order valence-electron chi connectivity index (χ2n) is 3.46. The lowest BCUT2D eigenvalue weighted by atomic mass is 10.0. The van der Waals surface area contributed by atoms with Crippen molar-refractivity contribution >= 4 is 11.6 Å². The molecule has 0 heterocycles. The number of hydrogen-bond acceptors (Lipinski definition) is 2. The number of likely N-dealkylation sites (N-methyl/N-ethyl adjacent to an activating group) is 1. The van der Waals surface area contributed by atoms with E-state index in [1.54, 1.807) is 6.07 Å². The summed E-state index contributed by atoms with van der Waals surface area (Å²) in [4.78, 5) is 0. The first-order valence-electron chi connectivity index (χ1n) is 4.92. The fourth-order valence-electron chi connectivity index (χ4n) is 1.44. The van der Waals surface area contributed by atoms with Crippen molar-refractivity contribution in [1.29, 1.82) is 0 Å². The first-order valence-corrected chi connectivity index (χ1v) is 5.30. The highest BCUT2D eigenvalue weighted by atomic mass is 35.5. The predicted octanol–water partition coefficient (Wildman–Crippen LogP) is 2.51.